The predicted molar refractivity (Wildman–Crippen MR) is 77.7 cm³/mol. The Labute approximate surface area is 120 Å². The number of rotatable bonds is 5. The van der Waals surface area contributed by atoms with Gasteiger partial charge in [-0.05, 0) is 44.5 Å². The third-order valence-corrected chi connectivity index (χ3v) is 3.96. The van der Waals surface area contributed by atoms with Crippen LogP contribution in [0.15, 0.2) is 18.2 Å². The van der Waals surface area contributed by atoms with Gasteiger partial charge in [0.05, 0.1) is 5.56 Å². The molecule has 1 unspecified atom stereocenters. The third kappa shape index (κ3) is 3.78. The van der Waals surface area contributed by atoms with Crippen LogP contribution in [0.25, 0.3) is 0 Å². The second-order valence-electron chi connectivity index (χ2n) is 5.43. The lowest BCUT2D eigenvalue weighted by Crippen LogP contribution is -2.38. The van der Waals surface area contributed by atoms with Crippen LogP contribution in [0, 0.1) is 23.1 Å². The summed E-state index contributed by atoms with van der Waals surface area (Å²) in [5.41, 5.74) is 0.757. The van der Waals surface area contributed by atoms with Crippen LogP contribution in [0.3, 0.4) is 0 Å². The summed E-state index contributed by atoms with van der Waals surface area (Å²) in [6, 6.07) is 6.97. The fraction of sp³-hybridized carbons (Fsp3) is 0.562. The first-order valence-electron chi connectivity index (χ1n) is 7.35. The van der Waals surface area contributed by atoms with Gasteiger partial charge >= 0.3 is 0 Å². The Morgan fingerprint density at radius 2 is 2.35 bits per heavy atom. The van der Waals surface area contributed by atoms with Gasteiger partial charge in [0.1, 0.15) is 11.9 Å². The molecule has 0 aromatic heterocycles. The summed E-state index contributed by atoms with van der Waals surface area (Å²) in [5, 5.41) is 12.3. The van der Waals surface area contributed by atoms with Crippen molar-refractivity contribution in [3.8, 4) is 6.07 Å². The molecular formula is C16H22FN3. The highest BCUT2D eigenvalue weighted by Gasteiger charge is 2.17. The summed E-state index contributed by atoms with van der Waals surface area (Å²) in [5.74, 6) is 0.279. The minimum Gasteiger partial charge on any atom is -0.316 e. The van der Waals surface area contributed by atoms with Crippen molar-refractivity contribution in [1.82, 2.24) is 10.2 Å². The van der Waals surface area contributed by atoms with Gasteiger partial charge in [-0.2, -0.15) is 5.26 Å². The summed E-state index contributed by atoms with van der Waals surface area (Å²) in [4.78, 5) is 2.26. The zero-order valence-corrected chi connectivity index (χ0v) is 12.0. The Morgan fingerprint density at radius 1 is 1.50 bits per heavy atom. The molecule has 1 fully saturated rings. The van der Waals surface area contributed by atoms with E-state index in [1.165, 1.54) is 18.9 Å². The molecule has 20 heavy (non-hydrogen) atoms. The number of nitriles is 1. The maximum atomic E-state index is 14.1. The Morgan fingerprint density at radius 3 is 3.00 bits per heavy atom. The molecule has 3 nitrogen and oxygen atoms in total. The van der Waals surface area contributed by atoms with Crippen molar-refractivity contribution in [3.63, 3.8) is 0 Å². The zero-order valence-electron chi connectivity index (χ0n) is 12.0. The molecule has 0 amide bonds. The molecule has 1 aliphatic rings. The molecule has 0 radical (unpaired) electrons. The van der Waals surface area contributed by atoms with E-state index in [0.717, 1.165) is 26.2 Å². The molecule has 1 aromatic carbocycles. The van der Waals surface area contributed by atoms with Crippen molar-refractivity contribution in [3.05, 3.63) is 35.1 Å². The Hall–Kier alpha value is -1.44. The van der Waals surface area contributed by atoms with Crippen molar-refractivity contribution in [2.45, 2.75) is 26.3 Å². The van der Waals surface area contributed by atoms with E-state index in [2.05, 4.69) is 17.1 Å². The summed E-state index contributed by atoms with van der Waals surface area (Å²) >= 11 is 0. The lowest BCUT2D eigenvalue weighted by atomic mass is 9.98. The monoisotopic (exact) mass is 275 g/mol. The van der Waals surface area contributed by atoms with Crippen molar-refractivity contribution in [2.24, 2.45) is 5.92 Å². The Kier molecular flexibility index (Phi) is 5.51. The highest BCUT2D eigenvalue weighted by Crippen LogP contribution is 2.17. The second-order valence-corrected chi connectivity index (χ2v) is 5.43. The van der Waals surface area contributed by atoms with Crippen LogP contribution in [0.2, 0.25) is 0 Å². The second kappa shape index (κ2) is 7.37. The van der Waals surface area contributed by atoms with E-state index in [9.17, 15) is 4.39 Å². The molecule has 1 aliphatic heterocycles. The van der Waals surface area contributed by atoms with Gasteiger partial charge in [0, 0.05) is 18.7 Å². The van der Waals surface area contributed by atoms with E-state index in [1.54, 1.807) is 12.1 Å². The molecule has 1 saturated heterocycles. The maximum absolute atomic E-state index is 14.1. The van der Waals surface area contributed by atoms with E-state index in [-0.39, 0.29) is 11.4 Å². The van der Waals surface area contributed by atoms with Crippen molar-refractivity contribution in [1.29, 1.82) is 5.26 Å². The summed E-state index contributed by atoms with van der Waals surface area (Å²) in [6.07, 6.45) is 2.46. The van der Waals surface area contributed by atoms with Gasteiger partial charge in [0.15, 0.2) is 0 Å². The van der Waals surface area contributed by atoms with E-state index < -0.39 is 0 Å². The number of hydrogen-bond donors (Lipinski definition) is 1. The number of hydrogen-bond acceptors (Lipinski definition) is 3. The number of nitrogens with zero attached hydrogens (tertiary/aromatic N) is 2. The summed E-state index contributed by atoms with van der Waals surface area (Å²) in [7, 11) is 0. The minimum absolute atomic E-state index is 0.137. The fourth-order valence-corrected chi connectivity index (χ4v) is 2.78. The fourth-order valence-electron chi connectivity index (χ4n) is 2.78. The van der Waals surface area contributed by atoms with Crippen LogP contribution >= 0.6 is 0 Å². The molecule has 0 spiro atoms. The first kappa shape index (κ1) is 15.0. The quantitative estimate of drug-likeness (QED) is 0.897. The Balaban J connectivity index is 2.01. The molecule has 2 rings (SSSR count). The molecule has 1 N–H and O–H groups in total. The number of nitrogens with one attached hydrogen (secondary N) is 1. The average molecular weight is 275 g/mol. The van der Waals surface area contributed by atoms with Crippen LogP contribution < -0.4 is 5.32 Å². The number of halogens is 1. The molecule has 1 aromatic rings. The predicted octanol–water partition coefficient (Wildman–Crippen LogP) is 2.52. The van der Waals surface area contributed by atoms with Gasteiger partial charge in [-0.3, -0.25) is 4.90 Å². The summed E-state index contributed by atoms with van der Waals surface area (Å²) < 4.78 is 14.1. The normalized spacial score (nSPS) is 19.0. The van der Waals surface area contributed by atoms with E-state index in [4.69, 9.17) is 5.26 Å². The van der Waals surface area contributed by atoms with Crippen LogP contribution in [-0.2, 0) is 6.54 Å². The molecule has 1 atom stereocenters. The largest absolute Gasteiger partial charge is 0.316 e. The highest BCUT2D eigenvalue weighted by molar-refractivity contribution is 5.34. The lowest BCUT2D eigenvalue weighted by molar-refractivity contribution is 0.207. The van der Waals surface area contributed by atoms with Crippen molar-refractivity contribution < 1.29 is 4.39 Å². The van der Waals surface area contributed by atoms with E-state index >= 15 is 0 Å². The van der Waals surface area contributed by atoms with Crippen molar-refractivity contribution in [2.75, 3.05) is 26.2 Å². The van der Waals surface area contributed by atoms with Crippen molar-refractivity contribution >= 4 is 0 Å². The SMILES string of the molecule is CCN(Cc1cccc(C#N)c1F)CC1CCCNC1. The molecule has 4 heteroatoms. The molecular weight excluding hydrogens is 253 g/mol. The topological polar surface area (TPSA) is 39.1 Å². The average Bonchev–Trinajstić information content (AvgIpc) is 2.49. The van der Waals surface area contributed by atoms with E-state index in [0.29, 0.717) is 18.0 Å². The zero-order chi connectivity index (χ0) is 14.4. The van der Waals surface area contributed by atoms with E-state index in [1.807, 2.05) is 6.07 Å². The lowest BCUT2D eigenvalue weighted by Gasteiger charge is -2.29. The van der Waals surface area contributed by atoms with Crippen LogP contribution in [0.1, 0.15) is 30.9 Å². The van der Waals surface area contributed by atoms with Crippen LogP contribution in [0.4, 0.5) is 4.39 Å². The van der Waals surface area contributed by atoms with Crippen LogP contribution in [0.5, 0.6) is 0 Å². The number of piperidine rings is 1. The minimum atomic E-state index is -0.366. The molecule has 1 heterocycles. The summed E-state index contributed by atoms with van der Waals surface area (Å²) in [6.45, 7) is 6.72. The third-order valence-electron chi connectivity index (χ3n) is 3.96. The molecule has 0 aliphatic carbocycles. The first-order chi connectivity index (χ1) is 9.74. The van der Waals surface area contributed by atoms with Gasteiger partial charge in [0.25, 0.3) is 0 Å². The highest BCUT2D eigenvalue weighted by atomic mass is 19.1. The van der Waals surface area contributed by atoms with Gasteiger partial charge in [-0.15, -0.1) is 0 Å². The smallest absolute Gasteiger partial charge is 0.145 e. The standard InChI is InChI=1S/C16H22FN3/c1-2-20(11-13-5-4-8-19-10-13)12-15-7-3-6-14(9-18)16(15)17/h3,6-7,13,19H,2,4-5,8,10-12H2,1H3. The van der Waals surface area contributed by atoms with Gasteiger partial charge in [-0.1, -0.05) is 19.1 Å². The first-order valence-corrected chi connectivity index (χ1v) is 7.35. The molecule has 0 bridgehead atoms. The number of benzene rings is 1. The molecule has 108 valence electrons. The van der Waals surface area contributed by atoms with Gasteiger partial charge in [-0.25, -0.2) is 4.39 Å². The van der Waals surface area contributed by atoms with Gasteiger partial charge < -0.3 is 5.32 Å². The molecule has 0 saturated carbocycles. The Bertz CT molecular complexity index is 475. The van der Waals surface area contributed by atoms with Gasteiger partial charge in [0.2, 0.25) is 0 Å². The van der Waals surface area contributed by atoms with Crippen LogP contribution in [-0.4, -0.2) is 31.1 Å². The maximum Gasteiger partial charge on any atom is 0.145 e.